The van der Waals surface area contributed by atoms with Gasteiger partial charge >= 0.3 is 6.18 Å². The van der Waals surface area contributed by atoms with Crippen molar-refractivity contribution in [3.63, 3.8) is 0 Å². The van der Waals surface area contributed by atoms with Gasteiger partial charge in [0.05, 0.1) is 24.3 Å². The van der Waals surface area contributed by atoms with E-state index in [9.17, 15) is 22.7 Å². The molecule has 4 rings (SSSR count). The summed E-state index contributed by atoms with van der Waals surface area (Å²) in [6.45, 7) is 1.23. The van der Waals surface area contributed by atoms with Crippen molar-refractivity contribution in [1.29, 1.82) is 0 Å². The van der Waals surface area contributed by atoms with Crippen molar-refractivity contribution in [1.82, 2.24) is 25.1 Å². The van der Waals surface area contributed by atoms with Crippen LogP contribution in [-0.2, 0) is 12.7 Å². The monoisotopic (exact) mass is 435 g/mol. The van der Waals surface area contributed by atoms with Gasteiger partial charge in [-0.25, -0.2) is 9.07 Å². The summed E-state index contributed by atoms with van der Waals surface area (Å²) in [5.74, 6) is 0.0226. The zero-order chi connectivity index (χ0) is 22.0. The van der Waals surface area contributed by atoms with E-state index in [4.69, 9.17) is 0 Å². The fraction of sp³-hybridized carbons (Fsp3) is 0.381. The minimum Gasteiger partial charge on any atom is -0.393 e. The normalized spacial score (nSPS) is 17.1. The molecule has 0 spiro atoms. The van der Waals surface area contributed by atoms with Crippen LogP contribution < -0.4 is 0 Å². The van der Waals surface area contributed by atoms with Gasteiger partial charge in [0, 0.05) is 13.1 Å². The highest BCUT2D eigenvalue weighted by Crippen LogP contribution is 2.35. The van der Waals surface area contributed by atoms with Crippen LogP contribution >= 0.6 is 0 Å². The SMILES string of the molecule is OC1CCN([C@H](c2cccc(C(F)(F)F)c2)c2nnnn2Cc2ccc(F)cc2)CC1. The van der Waals surface area contributed by atoms with Crippen LogP contribution in [0.1, 0.15) is 41.4 Å². The van der Waals surface area contributed by atoms with Gasteiger partial charge in [-0.05, 0) is 58.7 Å². The van der Waals surface area contributed by atoms with Gasteiger partial charge in [-0.2, -0.15) is 13.2 Å². The van der Waals surface area contributed by atoms with Crippen LogP contribution in [0.15, 0.2) is 48.5 Å². The number of piperidine rings is 1. The molecule has 1 saturated heterocycles. The van der Waals surface area contributed by atoms with Gasteiger partial charge in [-0.1, -0.05) is 24.3 Å². The standard InChI is InChI=1S/C21H21F4N5O/c22-17-6-4-14(5-7-17)13-30-20(26-27-28-30)19(29-10-8-18(31)9-11-29)15-2-1-3-16(12-15)21(23,24)25/h1-7,12,18-19,31H,8-11,13H2/t19-/m1/s1. The van der Waals surface area contributed by atoms with Crippen LogP contribution in [0.3, 0.4) is 0 Å². The first-order valence-electron chi connectivity index (χ1n) is 9.91. The molecule has 0 amide bonds. The van der Waals surface area contributed by atoms with E-state index in [0.717, 1.165) is 17.7 Å². The Labute approximate surface area is 176 Å². The van der Waals surface area contributed by atoms with Crippen LogP contribution in [0.5, 0.6) is 0 Å². The van der Waals surface area contributed by atoms with E-state index in [2.05, 4.69) is 15.5 Å². The number of aromatic nitrogens is 4. The Balaban J connectivity index is 1.72. The van der Waals surface area contributed by atoms with Gasteiger partial charge in [0.2, 0.25) is 0 Å². The second kappa shape index (κ2) is 8.72. The molecule has 2 heterocycles. The Morgan fingerprint density at radius 3 is 2.45 bits per heavy atom. The van der Waals surface area contributed by atoms with Crippen LogP contribution in [0.25, 0.3) is 0 Å². The molecule has 1 aliphatic heterocycles. The summed E-state index contributed by atoms with van der Waals surface area (Å²) in [6, 6.07) is 10.4. The zero-order valence-electron chi connectivity index (χ0n) is 16.5. The first-order valence-corrected chi connectivity index (χ1v) is 9.91. The maximum Gasteiger partial charge on any atom is 0.416 e. The molecular weight excluding hydrogens is 414 g/mol. The number of benzene rings is 2. The van der Waals surface area contributed by atoms with Crippen molar-refractivity contribution in [2.45, 2.75) is 37.7 Å². The molecule has 1 aromatic heterocycles. The summed E-state index contributed by atoms with van der Waals surface area (Å²) in [5, 5.41) is 21.8. The van der Waals surface area contributed by atoms with E-state index in [-0.39, 0.29) is 12.4 Å². The van der Waals surface area contributed by atoms with Gasteiger partial charge in [-0.15, -0.1) is 5.10 Å². The highest BCUT2D eigenvalue weighted by atomic mass is 19.4. The van der Waals surface area contributed by atoms with E-state index in [0.29, 0.717) is 37.3 Å². The predicted octanol–water partition coefficient (Wildman–Crippen LogP) is 3.43. The number of halogens is 4. The molecule has 10 heteroatoms. The summed E-state index contributed by atoms with van der Waals surface area (Å²) < 4.78 is 54.8. The van der Waals surface area contributed by atoms with Gasteiger partial charge in [0.1, 0.15) is 5.82 Å². The van der Waals surface area contributed by atoms with Crippen molar-refractivity contribution < 1.29 is 22.7 Å². The average Bonchev–Trinajstić information content (AvgIpc) is 3.19. The van der Waals surface area contributed by atoms with Crippen molar-refractivity contribution in [3.8, 4) is 0 Å². The Hall–Kier alpha value is -2.85. The molecule has 2 aromatic carbocycles. The Kier molecular flexibility index (Phi) is 6.01. The third kappa shape index (κ3) is 4.91. The van der Waals surface area contributed by atoms with Gasteiger partial charge in [0.15, 0.2) is 5.82 Å². The lowest BCUT2D eigenvalue weighted by Gasteiger charge is -2.36. The Morgan fingerprint density at radius 1 is 1.06 bits per heavy atom. The predicted molar refractivity (Wildman–Crippen MR) is 103 cm³/mol. The number of nitrogens with zero attached hydrogens (tertiary/aromatic N) is 5. The van der Waals surface area contributed by atoms with Gasteiger partial charge in [-0.3, -0.25) is 4.90 Å². The molecule has 31 heavy (non-hydrogen) atoms. The third-order valence-corrected chi connectivity index (χ3v) is 5.44. The maximum absolute atomic E-state index is 13.3. The summed E-state index contributed by atoms with van der Waals surface area (Å²) in [4.78, 5) is 1.98. The highest BCUT2D eigenvalue weighted by molar-refractivity contribution is 5.31. The molecule has 1 N–H and O–H groups in total. The molecule has 1 atom stereocenters. The summed E-state index contributed by atoms with van der Waals surface area (Å²) in [7, 11) is 0. The minimum atomic E-state index is -4.47. The largest absolute Gasteiger partial charge is 0.416 e. The minimum absolute atomic E-state index is 0.245. The van der Waals surface area contributed by atoms with Crippen LogP contribution in [0.2, 0.25) is 0 Å². The van der Waals surface area contributed by atoms with Gasteiger partial charge in [0.25, 0.3) is 0 Å². The van der Waals surface area contributed by atoms with E-state index < -0.39 is 23.9 Å². The molecular formula is C21H21F4N5O. The second-order valence-corrected chi connectivity index (χ2v) is 7.61. The van der Waals surface area contributed by atoms with Crippen molar-refractivity contribution in [2.24, 2.45) is 0 Å². The topological polar surface area (TPSA) is 67.1 Å². The van der Waals surface area contributed by atoms with E-state index in [1.54, 1.807) is 18.2 Å². The molecule has 0 radical (unpaired) electrons. The van der Waals surface area contributed by atoms with Crippen molar-refractivity contribution >= 4 is 0 Å². The lowest BCUT2D eigenvalue weighted by Crippen LogP contribution is -2.40. The van der Waals surface area contributed by atoms with Crippen molar-refractivity contribution in [2.75, 3.05) is 13.1 Å². The quantitative estimate of drug-likeness (QED) is 0.622. The smallest absolute Gasteiger partial charge is 0.393 e. The molecule has 3 aromatic rings. The molecule has 6 nitrogen and oxygen atoms in total. The molecule has 1 aliphatic rings. The number of rotatable bonds is 5. The maximum atomic E-state index is 13.3. The van der Waals surface area contributed by atoms with Crippen LogP contribution in [0.4, 0.5) is 17.6 Å². The highest BCUT2D eigenvalue weighted by Gasteiger charge is 2.34. The molecule has 1 fully saturated rings. The Bertz CT molecular complexity index is 1010. The summed E-state index contributed by atoms with van der Waals surface area (Å²) in [5.41, 5.74) is 0.429. The number of alkyl halides is 3. The van der Waals surface area contributed by atoms with Crippen molar-refractivity contribution in [3.05, 3.63) is 76.9 Å². The number of aliphatic hydroxyl groups is 1. The number of hydrogen-bond donors (Lipinski definition) is 1. The first kappa shape index (κ1) is 21.4. The lowest BCUT2D eigenvalue weighted by molar-refractivity contribution is -0.137. The number of hydrogen-bond acceptors (Lipinski definition) is 5. The lowest BCUT2D eigenvalue weighted by atomic mass is 9.98. The fourth-order valence-electron chi connectivity index (χ4n) is 3.84. The fourth-order valence-corrected chi connectivity index (χ4v) is 3.84. The summed E-state index contributed by atoms with van der Waals surface area (Å²) in [6.07, 6.45) is -3.89. The molecule has 0 saturated carbocycles. The molecule has 0 bridgehead atoms. The first-order chi connectivity index (χ1) is 14.8. The van der Waals surface area contributed by atoms with Gasteiger partial charge < -0.3 is 5.11 Å². The molecule has 0 unspecified atom stereocenters. The second-order valence-electron chi connectivity index (χ2n) is 7.61. The molecule has 164 valence electrons. The molecule has 0 aliphatic carbocycles. The number of aliphatic hydroxyl groups excluding tert-OH is 1. The van der Waals surface area contributed by atoms with Crippen LogP contribution in [-0.4, -0.2) is 49.4 Å². The van der Waals surface area contributed by atoms with E-state index in [1.807, 2.05) is 4.90 Å². The van der Waals surface area contributed by atoms with E-state index >= 15 is 0 Å². The summed E-state index contributed by atoms with van der Waals surface area (Å²) >= 11 is 0. The van der Waals surface area contributed by atoms with E-state index in [1.165, 1.54) is 22.9 Å². The third-order valence-electron chi connectivity index (χ3n) is 5.44. The average molecular weight is 435 g/mol. The van der Waals surface area contributed by atoms with Crippen LogP contribution in [0, 0.1) is 5.82 Å². The zero-order valence-corrected chi connectivity index (χ0v) is 16.5. The number of likely N-dealkylation sites (tertiary alicyclic amines) is 1. The Morgan fingerprint density at radius 2 is 1.77 bits per heavy atom. The number of tetrazole rings is 1.